The van der Waals surface area contributed by atoms with Crippen molar-refractivity contribution in [2.45, 2.75) is 12.4 Å². The molecule has 1 saturated heterocycles. The van der Waals surface area contributed by atoms with Crippen LogP contribution in [0.2, 0.25) is 0 Å². The van der Waals surface area contributed by atoms with Crippen LogP contribution in [0.15, 0.2) is 48.8 Å². The van der Waals surface area contributed by atoms with E-state index in [1.807, 2.05) is 10.9 Å². The summed E-state index contributed by atoms with van der Waals surface area (Å²) in [6.07, 6.45) is -1.26. The number of carbonyl (C=O) groups is 1. The second-order valence-electron chi connectivity index (χ2n) is 6.87. The second-order valence-corrected chi connectivity index (χ2v) is 6.87. The number of nitrogens with zero attached hydrogens (tertiary/aromatic N) is 2. The molecule has 0 aliphatic carbocycles. The molecule has 10 heteroatoms. The molecular formula is C20H14F3N3O4. The molecule has 1 N–H and O–H groups in total. The van der Waals surface area contributed by atoms with Crippen LogP contribution in [0.5, 0.6) is 17.2 Å². The smallest absolute Gasteiger partial charge is 0.454 e. The predicted octanol–water partition coefficient (Wildman–Crippen LogP) is 4.38. The standard InChI is InChI=1S/C20H14F3N3O4/c21-20(22,23)30-14-2-4-18-16(6-14)25-19(27)15-5-11(1-3-17(15)29-18)12-7-24-26(8-12)13-9-28-10-13/h1-8,13H,9-10H2,(H,25,27). The minimum Gasteiger partial charge on any atom is -0.454 e. The number of carbonyl (C=O) groups excluding carboxylic acids is 1. The summed E-state index contributed by atoms with van der Waals surface area (Å²) in [6.45, 7) is 1.22. The molecule has 2 aromatic carbocycles. The fourth-order valence-electron chi connectivity index (χ4n) is 3.24. The molecule has 7 nitrogen and oxygen atoms in total. The SMILES string of the molecule is O=C1Nc2cc(OC(F)(F)F)ccc2Oc2ccc(-c3cnn(C4COC4)c3)cc21. The minimum absolute atomic E-state index is 0.0808. The molecular weight excluding hydrogens is 403 g/mol. The number of amides is 1. The van der Waals surface area contributed by atoms with Crippen molar-refractivity contribution in [2.24, 2.45) is 0 Å². The van der Waals surface area contributed by atoms with E-state index in [0.717, 1.165) is 23.3 Å². The van der Waals surface area contributed by atoms with E-state index in [2.05, 4.69) is 15.2 Å². The maximum Gasteiger partial charge on any atom is 0.573 e. The van der Waals surface area contributed by atoms with Crippen LogP contribution in [0, 0.1) is 0 Å². The molecule has 2 aliphatic heterocycles. The van der Waals surface area contributed by atoms with Gasteiger partial charge in [0.15, 0.2) is 5.75 Å². The van der Waals surface area contributed by atoms with Gasteiger partial charge in [-0.1, -0.05) is 6.07 Å². The predicted molar refractivity (Wildman–Crippen MR) is 98.7 cm³/mol. The van der Waals surface area contributed by atoms with E-state index in [-0.39, 0.29) is 23.0 Å². The zero-order valence-electron chi connectivity index (χ0n) is 15.3. The number of benzene rings is 2. The van der Waals surface area contributed by atoms with Gasteiger partial charge in [0.1, 0.15) is 11.5 Å². The van der Waals surface area contributed by atoms with Crippen molar-refractivity contribution in [3.8, 4) is 28.4 Å². The van der Waals surface area contributed by atoms with E-state index in [9.17, 15) is 18.0 Å². The van der Waals surface area contributed by atoms with E-state index in [4.69, 9.17) is 9.47 Å². The first-order chi connectivity index (χ1) is 14.4. The fourth-order valence-corrected chi connectivity index (χ4v) is 3.24. The second kappa shape index (κ2) is 6.77. The Morgan fingerprint density at radius 1 is 1.10 bits per heavy atom. The number of fused-ring (bicyclic) bond motifs is 2. The highest BCUT2D eigenvalue weighted by Gasteiger charge is 2.32. The highest BCUT2D eigenvalue weighted by molar-refractivity contribution is 6.08. The van der Waals surface area contributed by atoms with Gasteiger partial charge in [0.2, 0.25) is 0 Å². The summed E-state index contributed by atoms with van der Waals surface area (Å²) in [7, 11) is 0. The molecule has 154 valence electrons. The maximum absolute atomic E-state index is 12.7. The van der Waals surface area contributed by atoms with Gasteiger partial charge in [-0.25, -0.2) is 0 Å². The first kappa shape index (κ1) is 18.5. The summed E-state index contributed by atoms with van der Waals surface area (Å²) in [5.74, 6) is -0.458. The molecule has 3 aromatic rings. The van der Waals surface area contributed by atoms with Gasteiger partial charge in [-0.3, -0.25) is 9.48 Å². The summed E-state index contributed by atoms with van der Waals surface area (Å²) in [5, 5.41) is 6.91. The van der Waals surface area contributed by atoms with Crippen LogP contribution in [-0.2, 0) is 4.74 Å². The van der Waals surface area contributed by atoms with E-state index >= 15 is 0 Å². The number of hydrogen-bond acceptors (Lipinski definition) is 5. The molecule has 1 aromatic heterocycles. The summed E-state index contributed by atoms with van der Waals surface area (Å²) in [5.41, 5.74) is 1.91. The molecule has 0 spiro atoms. The Morgan fingerprint density at radius 2 is 1.90 bits per heavy atom. The van der Waals surface area contributed by atoms with E-state index in [0.29, 0.717) is 19.0 Å². The molecule has 1 fully saturated rings. The lowest BCUT2D eigenvalue weighted by atomic mass is 10.0. The molecule has 0 radical (unpaired) electrons. The van der Waals surface area contributed by atoms with Crippen molar-refractivity contribution in [1.29, 1.82) is 0 Å². The van der Waals surface area contributed by atoms with E-state index < -0.39 is 18.0 Å². The van der Waals surface area contributed by atoms with E-state index in [1.54, 1.807) is 24.4 Å². The zero-order chi connectivity index (χ0) is 20.9. The molecule has 0 atom stereocenters. The number of anilines is 1. The lowest BCUT2D eigenvalue weighted by Crippen LogP contribution is -2.30. The molecule has 3 heterocycles. The van der Waals surface area contributed by atoms with E-state index in [1.165, 1.54) is 6.07 Å². The quantitative estimate of drug-likeness (QED) is 0.685. The van der Waals surface area contributed by atoms with Crippen LogP contribution in [0.3, 0.4) is 0 Å². The summed E-state index contributed by atoms with van der Waals surface area (Å²) in [4.78, 5) is 12.7. The maximum atomic E-state index is 12.7. The molecule has 0 saturated carbocycles. The third-order valence-corrected chi connectivity index (χ3v) is 4.81. The average Bonchev–Trinajstić information content (AvgIpc) is 3.05. The Kier molecular flexibility index (Phi) is 4.17. The Balaban J connectivity index is 1.44. The summed E-state index contributed by atoms with van der Waals surface area (Å²) in [6, 6.07) is 8.79. The van der Waals surface area contributed by atoms with Crippen molar-refractivity contribution < 1.29 is 32.2 Å². The summed E-state index contributed by atoms with van der Waals surface area (Å²) >= 11 is 0. The highest BCUT2D eigenvalue weighted by atomic mass is 19.4. The Morgan fingerprint density at radius 3 is 2.63 bits per heavy atom. The minimum atomic E-state index is -4.84. The van der Waals surface area contributed by atoms with Crippen LogP contribution >= 0.6 is 0 Å². The first-order valence-electron chi connectivity index (χ1n) is 9.01. The lowest BCUT2D eigenvalue weighted by Gasteiger charge is -2.25. The van der Waals surface area contributed by atoms with Crippen LogP contribution < -0.4 is 14.8 Å². The third kappa shape index (κ3) is 3.45. The Hall–Kier alpha value is -3.53. The largest absolute Gasteiger partial charge is 0.573 e. The average molecular weight is 417 g/mol. The van der Waals surface area contributed by atoms with Gasteiger partial charge in [0.05, 0.1) is 36.7 Å². The zero-order valence-corrected chi connectivity index (χ0v) is 15.3. The van der Waals surface area contributed by atoms with Crippen LogP contribution in [0.1, 0.15) is 16.4 Å². The highest BCUT2D eigenvalue weighted by Crippen LogP contribution is 2.40. The van der Waals surface area contributed by atoms with Crippen molar-refractivity contribution in [2.75, 3.05) is 18.5 Å². The van der Waals surface area contributed by atoms with Crippen LogP contribution in [0.25, 0.3) is 11.1 Å². The number of ether oxygens (including phenoxy) is 3. The van der Waals surface area contributed by atoms with Gasteiger partial charge < -0.3 is 19.5 Å². The molecule has 5 rings (SSSR count). The van der Waals surface area contributed by atoms with Gasteiger partial charge in [-0.05, 0) is 29.8 Å². The van der Waals surface area contributed by atoms with Gasteiger partial charge >= 0.3 is 6.36 Å². The van der Waals surface area contributed by atoms with Gasteiger partial charge in [-0.2, -0.15) is 5.10 Å². The number of hydrogen-bond donors (Lipinski definition) is 1. The molecule has 1 amide bonds. The third-order valence-electron chi connectivity index (χ3n) is 4.81. The molecule has 2 aliphatic rings. The Bertz CT molecular complexity index is 1140. The van der Waals surface area contributed by atoms with Gasteiger partial charge in [-0.15, -0.1) is 13.2 Å². The Labute approximate surface area is 168 Å². The number of alkyl halides is 3. The van der Waals surface area contributed by atoms with Crippen molar-refractivity contribution in [3.05, 3.63) is 54.4 Å². The molecule has 0 unspecified atom stereocenters. The lowest BCUT2D eigenvalue weighted by molar-refractivity contribution is -0.274. The molecule has 30 heavy (non-hydrogen) atoms. The number of aromatic nitrogens is 2. The summed E-state index contributed by atoms with van der Waals surface area (Å²) < 4.78 is 54.1. The topological polar surface area (TPSA) is 74.6 Å². The first-order valence-corrected chi connectivity index (χ1v) is 9.01. The normalized spacial score (nSPS) is 15.9. The fraction of sp³-hybridized carbons (Fsp3) is 0.200. The van der Waals surface area contributed by atoms with Crippen molar-refractivity contribution in [3.63, 3.8) is 0 Å². The van der Waals surface area contributed by atoms with Crippen molar-refractivity contribution >= 4 is 11.6 Å². The monoisotopic (exact) mass is 417 g/mol. The van der Waals surface area contributed by atoms with Crippen LogP contribution in [0.4, 0.5) is 18.9 Å². The van der Waals surface area contributed by atoms with Crippen molar-refractivity contribution in [1.82, 2.24) is 9.78 Å². The van der Waals surface area contributed by atoms with Gasteiger partial charge in [0.25, 0.3) is 5.91 Å². The van der Waals surface area contributed by atoms with Gasteiger partial charge in [0, 0.05) is 17.8 Å². The number of rotatable bonds is 3. The molecule has 0 bridgehead atoms. The van der Waals surface area contributed by atoms with Crippen LogP contribution in [-0.4, -0.2) is 35.3 Å². The number of halogens is 3. The number of nitrogens with one attached hydrogen (secondary N) is 1.